The first-order chi connectivity index (χ1) is 8.27. The van der Waals surface area contributed by atoms with Gasteiger partial charge in [0, 0.05) is 12.8 Å². The first-order valence-electron chi connectivity index (χ1n) is 6.05. The molecule has 2 N–H and O–H groups in total. The molecule has 0 aliphatic heterocycles. The van der Waals surface area contributed by atoms with Crippen LogP contribution in [0.1, 0.15) is 51.4 Å². The molecule has 0 amide bonds. The van der Waals surface area contributed by atoms with Gasteiger partial charge in [-0.25, -0.2) is 0 Å². The third-order valence-corrected chi connectivity index (χ3v) is 2.26. The van der Waals surface area contributed by atoms with Crippen molar-refractivity contribution in [3.8, 4) is 23.7 Å². The van der Waals surface area contributed by atoms with Crippen molar-refractivity contribution >= 4 is 5.97 Å². The van der Waals surface area contributed by atoms with E-state index in [-0.39, 0.29) is 13.0 Å². The van der Waals surface area contributed by atoms with Gasteiger partial charge in [-0.3, -0.25) is 4.79 Å². The topological polar surface area (TPSA) is 57.5 Å². The molecule has 0 saturated heterocycles. The van der Waals surface area contributed by atoms with Crippen molar-refractivity contribution in [1.82, 2.24) is 0 Å². The van der Waals surface area contributed by atoms with Crippen LogP contribution in [0.4, 0.5) is 0 Å². The second-order valence-electron chi connectivity index (χ2n) is 3.78. The Bertz CT molecular complexity index is 312. The van der Waals surface area contributed by atoms with Gasteiger partial charge in [0.25, 0.3) is 0 Å². The average Bonchev–Trinajstić information content (AvgIpc) is 2.30. The summed E-state index contributed by atoms with van der Waals surface area (Å²) in [6.45, 7) is -0.134. The molecule has 0 aromatic carbocycles. The van der Waals surface area contributed by atoms with Crippen molar-refractivity contribution in [2.75, 3.05) is 6.61 Å². The number of rotatable bonds is 8. The maximum Gasteiger partial charge on any atom is 0.303 e. The molecular weight excluding hydrogens is 216 g/mol. The van der Waals surface area contributed by atoms with Crippen molar-refractivity contribution in [1.29, 1.82) is 0 Å². The van der Waals surface area contributed by atoms with Crippen LogP contribution in [-0.4, -0.2) is 22.8 Å². The molecule has 0 unspecified atom stereocenters. The standard InChI is InChI=1S/C14H20O3/c15-13-11-9-7-5-3-1-2-4-6-8-10-12-14(16)17/h15H,1-4,6,8,10,12-13H2,(H,16,17). The van der Waals surface area contributed by atoms with E-state index in [2.05, 4.69) is 23.7 Å². The van der Waals surface area contributed by atoms with Crippen LogP contribution in [0, 0.1) is 23.7 Å². The molecule has 0 aliphatic carbocycles. The van der Waals surface area contributed by atoms with E-state index >= 15 is 0 Å². The SMILES string of the molecule is O=C(O)CCCCCCCCC#CC#CCO. The van der Waals surface area contributed by atoms with Crippen LogP contribution >= 0.6 is 0 Å². The average molecular weight is 236 g/mol. The number of hydrogen-bond acceptors (Lipinski definition) is 2. The fourth-order valence-electron chi connectivity index (χ4n) is 1.39. The first kappa shape index (κ1) is 15.6. The summed E-state index contributed by atoms with van der Waals surface area (Å²) in [6.07, 6.45) is 7.35. The number of hydrogen-bond donors (Lipinski definition) is 2. The van der Waals surface area contributed by atoms with Gasteiger partial charge in [-0.2, -0.15) is 0 Å². The van der Waals surface area contributed by atoms with Gasteiger partial charge in [0.1, 0.15) is 6.61 Å². The number of aliphatic hydroxyl groups is 1. The molecule has 0 aromatic rings. The molecule has 0 spiro atoms. The Morgan fingerprint density at radius 1 is 0.882 bits per heavy atom. The lowest BCUT2D eigenvalue weighted by molar-refractivity contribution is -0.137. The second kappa shape index (κ2) is 12.6. The fourth-order valence-corrected chi connectivity index (χ4v) is 1.39. The summed E-state index contributed by atoms with van der Waals surface area (Å²) >= 11 is 0. The molecule has 3 heteroatoms. The molecule has 17 heavy (non-hydrogen) atoms. The van der Waals surface area contributed by atoms with E-state index in [4.69, 9.17) is 10.2 Å². The van der Waals surface area contributed by atoms with Gasteiger partial charge in [0.2, 0.25) is 0 Å². The Balaban J connectivity index is 3.18. The van der Waals surface area contributed by atoms with Crippen molar-refractivity contribution in [2.45, 2.75) is 51.4 Å². The van der Waals surface area contributed by atoms with E-state index in [1.165, 1.54) is 0 Å². The summed E-state index contributed by atoms with van der Waals surface area (Å²) in [5.74, 6) is 9.91. The molecule has 3 nitrogen and oxygen atoms in total. The minimum atomic E-state index is -0.704. The van der Waals surface area contributed by atoms with Crippen molar-refractivity contribution in [3.63, 3.8) is 0 Å². The van der Waals surface area contributed by atoms with Gasteiger partial charge in [0.15, 0.2) is 0 Å². The normalized spacial score (nSPS) is 8.76. The number of carbonyl (C=O) groups is 1. The third-order valence-electron chi connectivity index (χ3n) is 2.26. The maximum absolute atomic E-state index is 10.2. The Labute approximate surface area is 103 Å². The van der Waals surface area contributed by atoms with Gasteiger partial charge in [-0.15, -0.1) is 0 Å². The molecule has 0 rings (SSSR count). The van der Waals surface area contributed by atoms with E-state index < -0.39 is 5.97 Å². The fraction of sp³-hybridized carbons (Fsp3) is 0.643. The zero-order chi connectivity index (χ0) is 12.8. The van der Waals surface area contributed by atoms with E-state index in [0.29, 0.717) is 0 Å². The Morgan fingerprint density at radius 2 is 1.47 bits per heavy atom. The van der Waals surface area contributed by atoms with Crippen LogP contribution in [0.15, 0.2) is 0 Å². The van der Waals surface area contributed by atoms with Crippen LogP contribution in [0.5, 0.6) is 0 Å². The summed E-state index contributed by atoms with van der Waals surface area (Å²) in [7, 11) is 0. The molecule has 0 atom stereocenters. The molecule has 0 bridgehead atoms. The van der Waals surface area contributed by atoms with Gasteiger partial charge in [-0.05, 0) is 24.7 Å². The smallest absolute Gasteiger partial charge is 0.303 e. The minimum Gasteiger partial charge on any atom is -0.481 e. The van der Waals surface area contributed by atoms with Crippen molar-refractivity contribution in [3.05, 3.63) is 0 Å². The lowest BCUT2D eigenvalue weighted by Crippen LogP contribution is -1.93. The molecule has 0 saturated carbocycles. The minimum absolute atomic E-state index is 0.134. The molecular formula is C14H20O3. The quantitative estimate of drug-likeness (QED) is 0.501. The van der Waals surface area contributed by atoms with Gasteiger partial charge >= 0.3 is 5.97 Å². The third kappa shape index (κ3) is 14.6. The predicted molar refractivity (Wildman–Crippen MR) is 67.2 cm³/mol. The highest BCUT2D eigenvalue weighted by atomic mass is 16.4. The van der Waals surface area contributed by atoms with Gasteiger partial charge in [0.05, 0.1) is 0 Å². The zero-order valence-corrected chi connectivity index (χ0v) is 10.2. The largest absolute Gasteiger partial charge is 0.481 e. The Hall–Kier alpha value is -1.45. The summed E-state index contributed by atoms with van der Waals surface area (Å²) in [5, 5.41) is 16.8. The summed E-state index contributed by atoms with van der Waals surface area (Å²) in [6, 6.07) is 0. The van der Waals surface area contributed by atoms with E-state index in [0.717, 1.165) is 44.9 Å². The van der Waals surface area contributed by atoms with Crippen LogP contribution in [-0.2, 0) is 4.79 Å². The number of carboxylic acid groups (broad SMARTS) is 1. The molecule has 0 radical (unpaired) electrons. The van der Waals surface area contributed by atoms with Crippen LogP contribution in [0.2, 0.25) is 0 Å². The molecule has 0 heterocycles. The predicted octanol–water partition coefficient (Wildman–Crippen LogP) is 2.19. The lowest BCUT2D eigenvalue weighted by Gasteiger charge is -1.98. The van der Waals surface area contributed by atoms with Crippen LogP contribution in [0.3, 0.4) is 0 Å². The Morgan fingerprint density at radius 3 is 2.12 bits per heavy atom. The Kier molecular flexibility index (Phi) is 11.5. The second-order valence-corrected chi connectivity index (χ2v) is 3.78. The number of aliphatic carboxylic acids is 1. The maximum atomic E-state index is 10.2. The van der Waals surface area contributed by atoms with Crippen molar-refractivity contribution in [2.24, 2.45) is 0 Å². The van der Waals surface area contributed by atoms with Gasteiger partial charge < -0.3 is 10.2 Å². The highest BCUT2D eigenvalue weighted by molar-refractivity contribution is 5.66. The molecule has 0 fully saturated rings. The number of aliphatic hydroxyl groups excluding tert-OH is 1. The number of carboxylic acids is 1. The van der Waals surface area contributed by atoms with Crippen LogP contribution in [0.25, 0.3) is 0 Å². The van der Waals surface area contributed by atoms with Crippen LogP contribution < -0.4 is 0 Å². The van der Waals surface area contributed by atoms with E-state index in [1.54, 1.807) is 0 Å². The lowest BCUT2D eigenvalue weighted by atomic mass is 10.1. The summed E-state index contributed by atoms with van der Waals surface area (Å²) < 4.78 is 0. The van der Waals surface area contributed by atoms with E-state index in [9.17, 15) is 4.79 Å². The monoisotopic (exact) mass is 236 g/mol. The van der Waals surface area contributed by atoms with Gasteiger partial charge in [-0.1, -0.05) is 37.5 Å². The highest BCUT2D eigenvalue weighted by Gasteiger charge is 1.95. The van der Waals surface area contributed by atoms with E-state index in [1.807, 2.05) is 0 Å². The van der Waals surface area contributed by atoms with Crippen molar-refractivity contribution < 1.29 is 15.0 Å². The molecule has 0 aromatic heterocycles. The number of unbranched alkanes of at least 4 members (excludes halogenated alkanes) is 6. The molecule has 94 valence electrons. The highest BCUT2D eigenvalue weighted by Crippen LogP contribution is 2.08. The first-order valence-corrected chi connectivity index (χ1v) is 6.05. The molecule has 0 aliphatic rings. The summed E-state index contributed by atoms with van der Waals surface area (Å²) in [4.78, 5) is 10.2. The zero-order valence-electron chi connectivity index (χ0n) is 10.2. The summed E-state index contributed by atoms with van der Waals surface area (Å²) in [5.41, 5.74) is 0.